The van der Waals surface area contributed by atoms with Crippen molar-refractivity contribution in [2.24, 2.45) is 0 Å². The molecule has 0 atom stereocenters. The third-order valence-corrected chi connectivity index (χ3v) is 7.11. The lowest BCUT2D eigenvalue weighted by Gasteiger charge is -2.15. The van der Waals surface area contributed by atoms with Crippen LogP contribution in [-0.4, -0.2) is 15.0 Å². The van der Waals surface area contributed by atoms with E-state index in [1.807, 2.05) is 84.9 Å². The summed E-state index contributed by atoms with van der Waals surface area (Å²) < 4.78 is 7.69. The van der Waals surface area contributed by atoms with E-state index in [2.05, 4.69) is 52.3 Å². The second kappa shape index (κ2) is 9.36. The van der Waals surface area contributed by atoms with E-state index in [0.29, 0.717) is 17.5 Å². The molecule has 0 aliphatic carbocycles. The highest BCUT2D eigenvalue weighted by Gasteiger charge is 2.25. The van der Waals surface area contributed by atoms with Crippen LogP contribution in [0.5, 0.6) is 11.5 Å². The Labute approximate surface area is 228 Å². The molecule has 0 amide bonds. The molecule has 7 rings (SSSR count). The molecule has 2 heterocycles. The van der Waals surface area contributed by atoms with E-state index in [4.69, 9.17) is 19.7 Å². The first-order valence-electron chi connectivity index (χ1n) is 12.3. The number of ether oxygens (including phenoxy) is 1. The molecule has 1 aromatic heterocycles. The lowest BCUT2D eigenvalue weighted by atomic mass is 9.93. The van der Waals surface area contributed by atoms with Crippen LogP contribution in [0.2, 0.25) is 0 Å². The van der Waals surface area contributed by atoms with Crippen molar-refractivity contribution < 1.29 is 4.74 Å². The smallest absolute Gasteiger partial charge is 0.167 e. The van der Waals surface area contributed by atoms with Crippen LogP contribution in [0.25, 0.3) is 56.4 Å². The number of hydrogen-bond donors (Lipinski definition) is 0. The van der Waals surface area contributed by atoms with Gasteiger partial charge in [-0.05, 0) is 35.4 Å². The normalized spacial score (nSPS) is 11.5. The Kier molecular flexibility index (Phi) is 5.56. The number of halogens is 1. The number of aromatic nitrogens is 3. The van der Waals surface area contributed by atoms with Crippen molar-refractivity contribution in [3.8, 4) is 67.9 Å². The average Bonchev–Trinajstić information content (AvgIpc) is 3.12. The van der Waals surface area contributed by atoms with Gasteiger partial charge in [0.2, 0.25) is 0 Å². The fourth-order valence-corrected chi connectivity index (χ4v) is 5.19. The van der Waals surface area contributed by atoms with E-state index in [-0.39, 0.29) is 0 Å². The minimum Gasteiger partial charge on any atom is -0.455 e. The van der Waals surface area contributed by atoms with Crippen molar-refractivity contribution in [2.75, 3.05) is 0 Å². The fraction of sp³-hybridized carbons (Fsp3) is 0. The summed E-state index contributed by atoms with van der Waals surface area (Å²) in [6.07, 6.45) is 0. The summed E-state index contributed by atoms with van der Waals surface area (Å²) >= 11 is 3.63. The quantitative estimate of drug-likeness (QED) is 0.219. The van der Waals surface area contributed by atoms with Gasteiger partial charge in [-0.1, -0.05) is 113 Å². The van der Waals surface area contributed by atoms with Crippen LogP contribution in [0.15, 0.2) is 126 Å². The predicted octanol–water partition coefficient (Wildman–Crippen LogP) is 9.07. The monoisotopic (exact) mass is 553 g/mol. The standard InChI is InChI=1S/C33H20BrN3O/c34-23-18-19-29-28(20-23)25-15-8-7-14-24(25)26-16-9-17-27(30(26)38-29)33-36-31(21-10-3-1-4-11-21)35-32(37-33)22-12-5-2-6-13-22/h1-20H. The Hall–Kier alpha value is -4.61. The molecule has 6 aromatic rings. The zero-order chi connectivity index (χ0) is 25.5. The number of para-hydroxylation sites is 1. The Balaban J connectivity index is 1.49. The molecule has 0 saturated carbocycles. The summed E-state index contributed by atoms with van der Waals surface area (Å²) in [4.78, 5) is 14.8. The van der Waals surface area contributed by atoms with Gasteiger partial charge in [-0.3, -0.25) is 0 Å². The summed E-state index contributed by atoms with van der Waals surface area (Å²) in [5, 5.41) is 0. The van der Waals surface area contributed by atoms with Crippen LogP contribution < -0.4 is 4.74 Å². The highest BCUT2D eigenvalue weighted by atomic mass is 79.9. The number of hydrogen-bond acceptors (Lipinski definition) is 4. The molecule has 5 heteroatoms. The van der Waals surface area contributed by atoms with Crippen molar-refractivity contribution in [3.63, 3.8) is 0 Å². The van der Waals surface area contributed by atoms with Crippen LogP contribution in [-0.2, 0) is 0 Å². The molecule has 0 bridgehead atoms. The Bertz CT molecular complexity index is 1750. The molecule has 0 N–H and O–H groups in total. The van der Waals surface area contributed by atoms with Crippen molar-refractivity contribution in [2.45, 2.75) is 0 Å². The Morgan fingerprint density at radius 2 is 0.974 bits per heavy atom. The zero-order valence-electron chi connectivity index (χ0n) is 20.2. The van der Waals surface area contributed by atoms with E-state index < -0.39 is 0 Å². The Morgan fingerprint density at radius 1 is 0.447 bits per heavy atom. The number of fused-ring (bicyclic) bond motifs is 5. The molecular weight excluding hydrogens is 534 g/mol. The first kappa shape index (κ1) is 22.6. The third-order valence-electron chi connectivity index (χ3n) is 6.62. The molecule has 4 nitrogen and oxygen atoms in total. The maximum atomic E-state index is 6.70. The molecule has 0 saturated heterocycles. The van der Waals surface area contributed by atoms with Gasteiger partial charge in [0.25, 0.3) is 0 Å². The third kappa shape index (κ3) is 3.98. The molecule has 5 aromatic carbocycles. The topological polar surface area (TPSA) is 47.9 Å². The van der Waals surface area contributed by atoms with Gasteiger partial charge in [-0.25, -0.2) is 15.0 Å². The van der Waals surface area contributed by atoms with Gasteiger partial charge >= 0.3 is 0 Å². The predicted molar refractivity (Wildman–Crippen MR) is 155 cm³/mol. The number of rotatable bonds is 3. The molecule has 180 valence electrons. The van der Waals surface area contributed by atoms with E-state index in [1.54, 1.807) is 0 Å². The van der Waals surface area contributed by atoms with E-state index in [1.165, 1.54) is 0 Å². The van der Waals surface area contributed by atoms with E-state index in [9.17, 15) is 0 Å². The molecule has 1 aliphatic heterocycles. The first-order chi connectivity index (χ1) is 18.7. The van der Waals surface area contributed by atoms with E-state index >= 15 is 0 Å². The summed E-state index contributed by atoms with van der Waals surface area (Å²) in [5.41, 5.74) is 6.90. The minimum absolute atomic E-state index is 0.563. The van der Waals surface area contributed by atoms with Gasteiger partial charge in [-0.2, -0.15) is 0 Å². The van der Waals surface area contributed by atoms with Crippen LogP contribution >= 0.6 is 15.9 Å². The number of benzene rings is 5. The molecule has 38 heavy (non-hydrogen) atoms. The van der Waals surface area contributed by atoms with Gasteiger partial charge in [0.1, 0.15) is 11.5 Å². The maximum absolute atomic E-state index is 6.70. The molecular formula is C33H20BrN3O. The lowest BCUT2D eigenvalue weighted by molar-refractivity contribution is 0.489. The fourth-order valence-electron chi connectivity index (χ4n) is 4.83. The Morgan fingerprint density at radius 3 is 1.63 bits per heavy atom. The molecule has 1 aliphatic rings. The van der Waals surface area contributed by atoms with Gasteiger partial charge in [0, 0.05) is 26.7 Å². The summed E-state index contributed by atoms with van der Waals surface area (Å²) in [6, 6.07) is 40.6. The molecule has 0 fully saturated rings. The molecule has 0 spiro atoms. The van der Waals surface area contributed by atoms with Gasteiger partial charge in [0.15, 0.2) is 17.5 Å². The SMILES string of the molecule is Brc1ccc2c(c1)-c1ccccc1-c1cccc(-c3nc(-c4ccccc4)nc(-c4ccccc4)n3)c1O2. The van der Waals surface area contributed by atoms with E-state index in [0.717, 1.165) is 54.9 Å². The minimum atomic E-state index is 0.563. The largest absolute Gasteiger partial charge is 0.455 e. The van der Waals surface area contributed by atoms with Crippen LogP contribution in [0, 0.1) is 0 Å². The zero-order valence-corrected chi connectivity index (χ0v) is 21.8. The first-order valence-corrected chi connectivity index (χ1v) is 13.1. The summed E-state index contributed by atoms with van der Waals surface area (Å²) in [6.45, 7) is 0. The average molecular weight is 554 g/mol. The highest BCUT2D eigenvalue weighted by Crippen LogP contribution is 2.50. The number of nitrogens with zero attached hydrogens (tertiary/aromatic N) is 3. The van der Waals surface area contributed by atoms with Crippen molar-refractivity contribution in [1.82, 2.24) is 15.0 Å². The van der Waals surface area contributed by atoms with Crippen LogP contribution in [0.4, 0.5) is 0 Å². The van der Waals surface area contributed by atoms with Crippen molar-refractivity contribution in [1.29, 1.82) is 0 Å². The lowest BCUT2D eigenvalue weighted by Crippen LogP contribution is -2.01. The maximum Gasteiger partial charge on any atom is 0.167 e. The summed E-state index contributed by atoms with van der Waals surface area (Å²) in [7, 11) is 0. The molecule has 0 unspecified atom stereocenters. The second-order valence-electron chi connectivity index (χ2n) is 9.01. The van der Waals surface area contributed by atoms with Crippen molar-refractivity contribution >= 4 is 15.9 Å². The van der Waals surface area contributed by atoms with Crippen LogP contribution in [0.1, 0.15) is 0 Å². The van der Waals surface area contributed by atoms with Gasteiger partial charge in [-0.15, -0.1) is 0 Å². The second-order valence-corrected chi connectivity index (χ2v) is 9.92. The van der Waals surface area contributed by atoms with Gasteiger partial charge in [0.05, 0.1) is 5.56 Å². The summed E-state index contributed by atoms with van der Waals surface area (Å²) in [5.74, 6) is 3.31. The van der Waals surface area contributed by atoms with Crippen LogP contribution in [0.3, 0.4) is 0 Å². The molecule has 0 radical (unpaired) electrons. The van der Waals surface area contributed by atoms with Gasteiger partial charge < -0.3 is 4.74 Å². The van der Waals surface area contributed by atoms with Crippen molar-refractivity contribution in [3.05, 3.63) is 126 Å². The highest BCUT2D eigenvalue weighted by molar-refractivity contribution is 9.10.